The van der Waals surface area contributed by atoms with Crippen LogP contribution in [0.25, 0.3) is 11.5 Å². The van der Waals surface area contributed by atoms with Crippen molar-refractivity contribution in [1.82, 2.24) is 25.4 Å². The third-order valence-corrected chi connectivity index (χ3v) is 2.66. The first-order valence-corrected chi connectivity index (χ1v) is 5.34. The molecule has 1 fully saturated rings. The van der Waals surface area contributed by atoms with Crippen molar-refractivity contribution in [3.8, 4) is 11.5 Å². The minimum Gasteiger partial charge on any atom is -0.392 e. The zero-order valence-corrected chi connectivity index (χ0v) is 8.95. The molecule has 1 aliphatic heterocycles. The molecule has 0 radical (unpaired) electrons. The van der Waals surface area contributed by atoms with E-state index >= 15 is 0 Å². The van der Waals surface area contributed by atoms with E-state index in [0.29, 0.717) is 30.4 Å². The Kier molecular flexibility index (Phi) is 2.54. The summed E-state index contributed by atoms with van der Waals surface area (Å²) in [7, 11) is 0. The van der Waals surface area contributed by atoms with Crippen molar-refractivity contribution >= 4 is 0 Å². The fourth-order valence-corrected chi connectivity index (χ4v) is 1.81. The molecule has 0 amide bonds. The van der Waals surface area contributed by atoms with Crippen LogP contribution < -0.4 is 5.32 Å². The lowest BCUT2D eigenvalue weighted by Gasteiger charge is -2.01. The molecule has 2 aromatic heterocycles. The molecule has 0 unspecified atom stereocenters. The van der Waals surface area contributed by atoms with Gasteiger partial charge < -0.3 is 14.9 Å². The highest BCUT2D eigenvalue weighted by atomic mass is 16.5. The maximum Gasteiger partial charge on any atom is 0.244 e. The third-order valence-electron chi connectivity index (χ3n) is 2.66. The average Bonchev–Trinajstić information content (AvgIpc) is 2.98. The highest BCUT2D eigenvalue weighted by Gasteiger charge is 2.28. The zero-order chi connectivity index (χ0) is 11.7. The summed E-state index contributed by atoms with van der Waals surface area (Å²) >= 11 is 0. The molecule has 2 atom stereocenters. The van der Waals surface area contributed by atoms with Crippen molar-refractivity contribution in [2.75, 3.05) is 6.54 Å². The molecule has 3 heterocycles. The first-order valence-electron chi connectivity index (χ1n) is 5.34. The fraction of sp³-hybridized carbons (Fsp3) is 0.400. The van der Waals surface area contributed by atoms with E-state index in [9.17, 15) is 5.11 Å². The molecule has 17 heavy (non-hydrogen) atoms. The molecule has 0 bridgehead atoms. The van der Waals surface area contributed by atoms with Gasteiger partial charge in [0.25, 0.3) is 0 Å². The fourth-order valence-electron chi connectivity index (χ4n) is 1.81. The predicted molar refractivity (Wildman–Crippen MR) is 56.7 cm³/mol. The molecule has 2 aromatic rings. The van der Waals surface area contributed by atoms with Crippen LogP contribution in [0.4, 0.5) is 0 Å². The van der Waals surface area contributed by atoms with Crippen LogP contribution in [0, 0.1) is 0 Å². The molecule has 0 aromatic carbocycles. The van der Waals surface area contributed by atoms with Crippen LogP contribution in [0.1, 0.15) is 18.4 Å². The smallest absolute Gasteiger partial charge is 0.244 e. The van der Waals surface area contributed by atoms with Gasteiger partial charge >= 0.3 is 0 Å². The molecule has 2 N–H and O–H groups in total. The summed E-state index contributed by atoms with van der Waals surface area (Å²) < 4.78 is 5.16. The van der Waals surface area contributed by atoms with Crippen molar-refractivity contribution in [1.29, 1.82) is 0 Å². The average molecular weight is 233 g/mol. The van der Waals surface area contributed by atoms with Crippen LogP contribution in [0.5, 0.6) is 0 Å². The quantitative estimate of drug-likeness (QED) is 0.748. The summed E-state index contributed by atoms with van der Waals surface area (Å²) in [6, 6.07) is 1.64. The number of hydrogen-bond acceptors (Lipinski definition) is 7. The van der Waals surface area contributed by atoms with Gasteiger partial charge in [0.05, 0.1) is 12.1 Å². The molecule has 1 saturated heterocycles. The standard InChI is InChI=1S/C10H11N5O2/c16-6-3-8(12-4-6)10-14-9(15-17-10)7-1-2-11-5-13-7/h1-2,5-6,8,12,16H,3-4H2/t6-,8-/m0/s1. The maximum absolute atomic E-state index is 9.41. The molecular weight excluding hydrogens is 222 g/mol. The van der Waals surface area contributed by atoms with Gasteiger partial charge in [-0.1, -0.05) is 5.16 Å². The molecule has 3 rings (SSSR count). The van der Waals surface area contributed by atoms with Crippen molar-refractivity contribution in [2.24, 2.45) is 0 Å². The minimum absolute atomic E-state index is 0.0758. The summed E-state index contributed by atoms with van der Waals surface area (Å²) in [5.74, 6) is 0.917. The lowest BCUT2D eigenvalue weighted by molar-refractivity contribution is 0.191. The van der Waals surface area contributed by atoms with Gasteiger partial charge in [0.2, 0.25) is 11.7 Å². The second kappa shape index (κ2) is 4.19. The highest BCUT2D eigenvalue weighted by molar-refractivity contribution is 5.46. The monoisotopic (exact) mass is 233 g/mol. The topological polar surface area (TPSA) is 97.0 Å². The number of nitrogens with zero attached hydrogens (tertiary/aromatic N) is 4. The number of β-amino-alcohol motifs (C(OH)–C–C–N with tert-alkyl or cyclic N) is 1. The Morgan fingerprint density at radius 1 is 1.47 bits per heavy atom. The van der Waals surface area contributed by atoms with E-state index in [1.54, 1.807) is 12.3 Å². The second-order valence-corrected chi connectivity index (χ2v) is 3.90. The van der Waals surface area contributed by atoms with Gasteiger partial charge in [-0.05, 0) is 12.5 Å². The summed E-state index contributed by atoms with van der Waals surface area (Å²) in [4.78, 5) is 12.1. The number of nitrogens with one attached hydrogen (secondary N) is 1. The van der Waals surface area contributed by atoms with E-state index in [1.165, 1.54) is 6.33 Å². The van der Waals surface area contributed by atoms with E-state index in [4.69, 9.17) is 4.52 Å². The molecule has 88 valence electrons. The number of aliphatic hydroxyl groups is 1. The van der Waals surface area contributed by atoms with Gasteiger partial charge in [0, 0.05) is 12.7 Å². The summed E-state index contributed by atoms with van der Waals surface area (Å²) in [5.41, 5.74) is 0.619. The number of aliphatic hydroxyl groups excluding tert-OH is 1. The van der Waals surface area contributed by atoms with Crippen LogP contribution in [0.3, 0.4) is 0 Å². The van der Waals surface area contributed by atoms with E-state index in [2.05, 4.69) is 25.4 Å². The maximum atomic E-state index is 9.41. The van der Waals surface area contributed by atoms with Gasteiger partial charge in [-0.15, -0.1) is 0 Å². The van der Waals surface area contributed by atoms with Crippen LogP contribution >= 0.6 is 0 Å². The van der Waals surface area contributed by atoms with Crippen molar-refractivity contribution < 1.29 is 9.63 Å². The lowest BCUT2D eigenvalue weighted by atomic mass is 10.2. The number of rotatable bonds is 2. The van der Waals surface area contributed by atoms with Crippen LogP contribution in [0.15, 0.2) is 23.1 Å². The largest absolute Gasteiger partial charge is 0.392 e. The highest BCUT2D eigenvalue weighted by Crippen LogP contribution is 2.23. The van der Waals surface area contributed by atoms with Gasteiger partial charge in [0.1, 0.15) is 12.0 Å². The molecule has 7 heteroatoms. The zero-order valence-electron chi connectivity index (χ0n) is 8.95. The van der Waals surface area contributed by atoms with Gasteiger partial charge in [-0.25, -0.2) is 9.97 Å². The van der Waals surface area contributed by atoms with E-state index < -0.39 is 0 Å². The van der Waals surface area contributed by atoms with Crippen LogP contribution in [-0.4, -0.2) is 37.9 Å². The number of aromatic nitrogens is 4. The molecule has 7 nitrogen and oxygen atoms in total. The van der Waals surface area contributed by atoms with Gasteiger partial charge in [0.15, 0.2) is 0 Å². The van der Waals surface area contributed by atoms with E-state index in [-0.39, 0.29) is 12.1 Å². The molecule has 1 aliphatic rings. The van der Waals surface area contributed by atoms with Gasteiger partial charge in [-0.3, -0.25) is 0 Å². The van der Waals surface area contributed by atoms with Crippen LogP contribution in [-0.2, 0) is 0 Å². The summed E-state index contributed by atoms with van der Waals surface area (Å²) in [6.45, 7) is 0.551. The number of hydrogen-bond donors (Lipinski definition) is 2. The first kappa shape index (κ1) is 10.3. The molecular formula is C10H11N5O2. The summed E-state index contributed by atoms with van der Waals surface area (Å²) in [6.07, 6.45) is 3.29. The predicted octanol–water partition coefficient (Wildman–Crippen LogP) is -0.0781. The molecule has 0 spiro atoms. The van der Waals surface area contributed by atoms with Crippen molar-refractivity contribution in [3.05, 3.63) is 24.5 Å². The molecule has 0 saturated carbocycles. The Balaban J connectivity index is 1.84. The Hall–Kier alpha value is -1.86. The molecule has 0 aliphatic carbocycles. The Bertz CT molecular complexity index is 500. The van der Waals surface area contributed by atoms with E-state index in [0.717, 1.165) is 0 Å². The first-order chi connectivity index (χ1) is 8.33. The minimum atomic E-state index is -0.352. The SMILES string of the molecule is O[C@@H]1CN[C@H](c2nc(-c3ccncn3)no2)C1. The van der Waals surface area contributed by atoms with Crippen molar-refractivity contribution in [2.45, 2.75) is 18.6 Å². The van der Waals surface area contributed by atoms with Crippen LogP contribution in [0.2, 0.25) is 0 Å². The van der Waals surface area contributed by atoms with Gasteiger partial charge in [-0.2, -0.15) is 4.98 Å². The van der Waals surface area contributed by atoms with E-state index in [1.807, 2.05) is 0 Å². The lowest BCUT2D eigenvalue weighted by Crippen LogP contribution is -2.15. The Morgan fingerprint density at radius 3 is 3.12 bits per heavy atom. The third kappa shape index (κ3) is 2.02. The summed E-state index contributed by atoms with van der Waals surface area (Å²) in [5, 5.41) is 16.4. The Morgan fingerprint density at radius 2 is 2.41 bits per heavy atom. The van der Waals surface area contributed by atoms with Crippen molar-refractivity contribution in [3.63, 3.8) is 0 Å². The Labute approximate surface area is 96.9 Å². The second-order valence-electron chi connectivity index (χ2n) is 3.90. The normalized spacial score (nSPS) is 24.1.